The predicted octanol–water partition coefficient (Wildman–Crippen LogP) is 1.82. The Bertz CT molecular complexity index is 727. The van der Waals surface area contributed by atoms with Crippen LogP contribution < -0.4 is 10.6 Å². The van der Waals surface area contributed by atoms with Gasteiger partial charge in [0.15, 0.2) is 0 Å². The molecule has 1 aromatic carbocycles. The average Bonchev–Trinajstić information content (AvgIpc) is 2.68. The standard InChI is InChI=1S/C18H23N5O5/c19-23-21-12-14(11-16(25)26)22-15(24)9-5-2-6-10-20-18(28)17(27)13-7-3-1-4-8-13/h1,3-4,7-8,14H,2,5-6,9-12H2,(H,20,28)(H,22,24)(H,25,26)/t14-/m0/s1. The number of unbranched alkanes of at least 4 members (excludes halogenated alkanes) is 2. The molecule has 0 radical (unpaired) electrons. The van der Waals surface area contributed by atoms with Crippen molar-refractivity contribution in [2.75, 3.05) is 13.1 Å². The lowest BCUT2D eigenvalue weighted by atomic mass is 10.1. The van der Waals surface area contributed by atoms with Crippen LogP contribution in [0.2, 0.25) is 0 Å². The molecule has 1 rings (SSSR count). The molecular weight excluding hydrogens is 366 g/mol. The first kappa shape index (κ1) is 22.7. The number of carboxylic acid groups (broad SMARTS) is 1. The Hall–Kier alpha value is -3.39. The molecule has 0 unspecified atom stereocenters. The number of aliphatic carboxylic acids is 1. The number of nitrogens with one attached hydrogen (secondary N) is 2. The summed E-state index contributed by atoms with van der Waals surface area (Å²) >= 11 is 0. The van der Waals surface area contributed by atoms with Gasteiger partial charge in [-0.25, -0.2) is 0 Å². The van der Waals surface area contributed by atoms with Crippen molar-refractivity contribution in [3.05, 3.63) is 46.3 Å². The fourth-order valence-corrected chi connectivity index (χ4v) is 2.40. The van der Waals surface area contributed by atoms with Gasteiger partial charge >= 0.3 is 5.97 Å². The second-order valence-electron chi connectivity index (χ2n) is 6.04. The first-order valence-corrected chi connectivity index (χ1v) is 8.83. The van der Waals surface area contributed by atoms with Crippen LogP contribution in [0.3, 0.4) is 0 Å². The molecule has 10 nitrogen and oxygen atoms in total. The van der Waals surface area contributed by atoms with Crippen LogP contribution in [0.5, 0.6) is 0 Å². The van der Waals surface area contributed by atoms with Gasteiger partial charge in [-0.15, -0.1) is 0 Å². The Morgan fingerprint density at radius 1 is 1.11 bits per heavy atom. The topological polar surface area (TPSA) is 161 Å². The zero-order chi connectivity index (χ0) is 20.8. The maximum absolute atomic E-state index is 11.9. The molecule has 0 saturated heterocycles. The summed E-state index contributed by atoms with van der Waals surface area (Å²) in [4.78, 5) is 48.8. The Labute approximate surface area is 161 Å². The minimum atomic E-state index is -1.10. The number of benzene rings is 1. The van der Waals surface area contributed by atoms with E-state index in [4.69, 9.17) is 10.6 Å². The molecule has 0 heterocycles. The van der Waals surface area contributed by atoms with Gasteiger partial charge in [0.25, 0.3) is 5.91 Å². The van der Waals surface area contributed by atoms with Crippen molar-refractivity contribution in [2.45, 2.75) is 38.1 Å². The van der Waals surface area contributed by atoms with Gasteiger partial charge in [0, 0.05) is 36.0 Å². The third-order valence-corrected chi connectivity index (χ3v) is 3.76. The maximum atomic E-state index is 11.9. The molecule has 0 bridgehead atoms. The second-order valence-corrected chi connectivity index (χ2v) is 6.04. The Kier molecular flexibility index (Phi) is 10.4. The van der Waals surface area contributed by atoms with E-state index in [1.807, 2.05) is 0 Å². The highest BCUT2D eigenvalue weighted by atomic mass is 16.4. The van der Waals surface area contributed by atoms with E-state index in [0.29, 0.717) is 31.4 Å². The number of azide groups is 1. The number of rotatable bonds is 13. The van der Waals surface area contributed by atoms with Gasteiger partial charge in [-0.1, -0.05) is 41.9 Å². The lowest BCUT2D eigenvalue weighted by Gasteiger charge is -2.14. The van der Waals surface area contributed by atoms with Crippen LogP contribution >= 0.6 is 0 Å². The number of hydrogen-bond acceptors (Lipinski definition) is 5. The van der Waals surface area contributed by atoms with Crippen molar-refractivity contribution in [3.8, 4) is 0 Å². The fraction of sp³-hybridized carbons (Fsp3) is 0.444. The monoisotopic (exact) mass is 389 g/mol. The zero-order valence-electron chi connectivity index (χ0n) is 15.3. The lowest BCUT2D eigenvalue weighted by Crippen LogP contribution is -2.38. The molecule has 0 aliphatic rings. The Balaban J connectivity index is 2.21. The number of carbonyl (C=O) groups is 4. The molecule has 28 heavy (non-hydrogen) atoms. The van der Waals surface area contributed by atoms with Crippen LogP contribution in [0.25, 0.3) is 10.4 Å². The van der Waals surface area contributed by atoms with Gasteiger partial charge < -0.3 is 15.7 Å². The van der Waals surface area contributed by atoms with E-state index in [0.717, 1.165) is 0 Å². The molecule has 0 fully saturated rings. The number of Topliss-reactive ketones (excluding diaryl/α,β-unsaturated/α-hetero) is 1. The first-order valence-electron chi connectivity index (χ1n) is 8.83. The summed E-state index contributed by atoms with van der Waals surface area (Å²) in [5.41, 5.74) is 8.62. The van der Waals surface area contributed by atoms with Crippen LogP contribution in [-0.2, 0) is 14.4 Å². The summed E-state index contributed by atoms with van der Waals surface area (Å²) in [5.74, 6) is -2.69. The highest BCUT2D eigenvalue weighted by molar-refractivity contribution is 6.42. The summed E-state index contributed by atoms with van der Waals surface area (Å²) in [5, 5.41) is 17.1. The summed E-state index contributed by atoms with van der Waals surface area (Å²) in [6.45, 7) is 0.188. The second kappa shape index (κ2) is 12.9. The number of hydrogen-bond donors (Lipinski definition) is 3. The van der Waals surface area contributed by atoms with E-state index >= 15 is 0 Å². The average molecular weight is 389 g/mol. The molecule has 1 aromatic rings. The van der Waals surface area contributed by atoms with E-state index in [-0.39, 0.29) is 25.3 Å². The van der Waals surface area contributed by atoms with Gasteiger partial charge in [-0.2, -0.15) is 0 Å². The zero-order valence-corrected chi connectivity index (χ0v) is 15.3. The third-order valence-electron chi connectivity index (χ3n) is 3.76. The predicted molar refractivity (Wildman–Crippen MR) is 100 cm³/mol. The van der Waals surface area contributed by atoms with Gasteiger partial charge in [0.05, 0.1) is 6.42 Å². The van der Waals surface area contributed by atoms with E-state index in [2.05, 4.69) is 20.7 Å². The van der Waals surface area contributed by atoms with Gasteiger partial charge in [-0.05, 0) is 18.4 Å². The smallest absolute Gasteiger partial charge is 0.305 e. The Morgan fingerprint density at radius 2 is 1.82 bits per heavy atom. The van der Waals surface area contributed by atoms with Crippen molar-refractivity contribution >= 4 is 23.6 Å². The number of nitrogens with zero attached hydrogens (tertiary/aromatic N) is 3. The first-order chi connectivity index (χ1) is 13.4. The molecule has 0 aliphatic heterocycles. The maximum Gasteiger partial charge on any atom is 0.305 e. The lowest BCUT2D eigenvalue weighted by molar-refractivity contribution is -0.137. The molecule has 3 N–H and O–H groups in total. The van der Waals surface area contributed by atoms with Crippen molar-refractivity contribution in [3.63, 3.8) is 0 Å². The molecule has 1 atom stereocenters. The van der Waals surface area contributed by atoms with Crippen molar-refractivity contribution in [2.24, 2.45) is 5.11 Å². The summed E-state index contributed by atoms with van der Waals surface area (Å²) < 4.78 is 0. The fourth-order valence-electron chi connectivity index (χ4n) is 2.40. The molecule has 2 amide bonds. The number of ketones is 1. The summed E-state index contributed by atoms with van der Waals surface area (Å²) in [6.07, 6.45) is 1.64. The molecule has 150 valence electrons. The van der Waals surface area contributed by atoms with Crippen molar-refractivity contribution < 1.29 is 24.3 Å². The molecule has 0 aromatic heterocycles. The summed E-state index contributed by atoms with van der Waals surface area (Å²) in [7, 11) is 0. The molecule has 10 heteroatoms. The van der Waals surface area contributed by atoms with Crippen LogP contribution in [0.4, 0.5) is 0 Å². The minimum absolute atomic E-state index is 0.129. The van der Waals surface area contributed by atoms with Gasteiger partial charge in [0.2, 0.25) is 11.7 Å². The highest BCUT2D eigenvalue weighted by Gasteiger charge is 2.16. The van der Waals surface area contributed by atoms with Crippen LogP contribution in [0.1, 0.15) is 42.5 Å². The Morgan fingerprint density at radius 3 is 2.46 bits per heavy atom. The van der Waals surface area contributed by atoms with E-state index in [1.54, 1.807) is 30.3 Å². The quantitative estimate of drug-likeness (QED) is 0.117. The number of carboxylic acids is 1. The van der Waals surface area contributed by atoms with Crippen LogP contribution in [0, 0.1) is 0 Å². The van der Waals surface area contributed by atoms with E-state index in [9.17, 15) is 19.2 Å². The molecule has 0 saturated carbocycles. The number of carbonyl (C=O) groups excluding carboxylic acids is 3. The van der Waals surface area contributed by atoms with Gasteiger partial charge in [0.1, 0.15) is 0 Å². The van der Waals surface area contributed by atoms with Crippen LogP contribution in [-0.4, -0.2) is 47.8 Å². The molecular formula is C18H23N5O5. The largest absolute Gasteiger partial charge is 0.481 e. The molecule has 0 aliphatic carbocycles. The summed E-state index contributed by atoms with van der Waals surface area (Å²) in [6, 6.07) is 7.51. The minimum Gasteiger partial charge on any atom is -0.481 e. The van der Waals surface area contributed by atoms with Crippen molar-refractivity contribution in [1.29, 1.82) is 0 Å². The normalized spacial score (nSPS) is 11.0. The van der Waals surface area contributed by atoms with E-state index in [1.165, 1.54) is 0 Å². The van der Waals surface area contributed by atoms with E-state index < -0.39 is 23.7 Å². The highest BCUT2D eigenvalue weighted by Crippen LogP contribution is 2.03. The SMILES string of the molecule is [N-]=[N+]=NC[C@H](CC(=O)O)NC(=O)CCCCCNC(=O)C(=O)c1ccccc1. The number of amides is 2. The van der Waals surface area contributed by atoms with Gasteiger partial charge in [-0.3, -0.25) is 19.2 Å². The third kappa shape index (κ3) is 9.35. The van der Waals surface area contributed by atoms with Crippen molar-refractivity contribution in [1.82, 2.24) is 10.6 Å². The van der Waals surface area contributed by atoms with Crippen LogP contribution in [0.15, 0.2) is 35.4 Å². The molecule has 0 spiro atoms.